The van der Waals surface area contributed by atoms with E-state index in [-0.39, 0.29) is 0 Å². The molecule has 2 aliphatic heterocycles. The lowest BCUT2D eigenvalue weighted by Gasteiger charge is -2.35. The van der Waals surface area contributed by atoms with E-state index in [1.165, 1.54) is 12.8 Å². The molecule has 0 radical (unpaired) electrons. The molecule has 0 aromatic carbocycles. The molecule has 0 bridgehead atoms. The highest BCUT2D eigenvalue weighted by Gasteiger charge is 2.23. The third kappa shape index (κ3) is 4.82. The maximum atomic E-state index is 12.6. The molecule has 0 spiro atoms. The molecule has 28 heavy (non-hydrogen) atoms. The van der Waals surface area contributed by atoms with Gasteiger partial charge < -0.3 is 9.32 Å². The van der Waals surface area contributed by atoms with Gasteiger partial charge in [-0.05, 0) is 31.2 Å². The van der Waals surface area contributed by atoms with Crippen molar-refractivity contribution in [1.82, 2.24) is 19.7 Å². The molecule has 6 nitrogen and oxygen atoms in total. The Kier molecular flexibility index (Phi) is 6.44. The van der Waals surface area contributed by atoms with Crippen molar-refractivity contribution in [1.29, 1.82) is 0 Å². The predicted octanol–water partition coefficient (Wildman–Crippen LogP) is 3.23. The van der Waals surface area contributed by atoms with Crippen molar-refractivity contribution < 1.29 is 9.21 Å². The number of likely N-dealkylation sites (tertiary alicyclic amines) is 1. The van der Waals surface area contributed by atoms with E-state index in [4.69, 9.17) is 9.40 Å². The van der Waals surface area contributed by atoms with Crippen LogP contribution in [-0.2, 0) is 11.3 Å². The third-order valence-corrected chi connectivity index (χ3v) is 6.64. The number of aromatic nitrogens is 1. The van der Waals surface area contributed by atoms with Gasteiger partial charge in [0.25, 0.3) is 0 Å². The van der Waals surface area contributed by atoms with Gasteiger partial charge in [-0.1, -0.05) is 18.9 Å². The number of rotatable bonds is 5. The van der Waals surface area contributed by atoms with E-state index in [0.717, 1.165) is 80.9 Å². The van der Waals surface area contributed by atoms with E-state index in [9.17, 15) is 4.79 Å². The van der Waals surface area contributed by atoms with Gasteiger partial charge in [0.2, 0.25) is 11.8 Å². The Morgan fingerprint density at radius 2 is 1.79 bits per heavy atom. The Hall–Kier alpha value is -1.70. The van der Waals surface area contributed by atoms with Gasteiger partial charge in [0.05, 0.1) is 17.1 Å². The molecule has 1 amide bonds. The summed E-state index contributed by atoms with van der Waals surface area (Å²) in [6.07, 6.45) is 4.84. The lowest BCUT2D eigenvalue weighted by atomic mass is 10.2. The molecule has 4 heterocycles. The fourth-order valence-corrected chi connectivity index (χ4v) is 4.66. The molecule has 0 atom stereocenters. The van der Waals surface area contributed by atoms with Crippen molar-refractivity contribution in [2.24, 2.45) is 0 Å². The summed E-state index contributed by atoms with van der Waals surface area (Å²) < 4.78 is 5.86. The standard InChI is InChI=1S/C21H30N4O2S/c1-17-18(22-21(27-17)19-7-6-14-28-19)15-23-10-12-24(13-11-23)16-20(26)25-8-4-2-3-5-9-25/h6-7,14H,2-5,8-13,15-16H2,1H3. The number of thiophene rings is 1. The SMILES string of the molecule is Cc1oc(-c2cccs2)nc1CN1CCN(CC(=O)N2CCCCCC2)CC1. The first-order chi connectivity index (χ1) is 13.7. The summed E-state index contributed by atoms with van der Waals surface area (Å²) in [6, 6.07) is 4.06. The van der Waals surface area contributed by atoms with E-state index < -0.39 is 0 Å². The summed E-state index contributed by atoms with van der Waals surface area (Å²) in [7, 11) is 0. The van der Waals surface area contributed by atoms with Gasteiger partial charge in [-0.15, -0.1) is 11.3 Å². The third-order valence-electron chi connectivity index (χ3n) is 5.78. The number of amides is 1. The normalized spacial score (nSPS) is 19.7. The molecule has 2 aliphatic rings. The summed E-state index contributed by atoms with van der Waals surface area (Å²) in [5.74, 6) is 1.94. The van der Waals surface area contributed by atoms with Crippen LogP contribution >= 0.6 is 11.3 Å². The zero-order chi connectivity index (χ0) is 19.3. The summed E-state index contributed by atoms with van der Waals surface area (Å²) >= 11 is 1.65. The van der Waals surface area contributed by atoms with Crippen LogP contribution in [0.15, 0.2) is 21.9 Å². The number of nitrogens with zero attached hydrogens (tertiary/aromatic N) is 4. The van der Waals surface area contributed by atoms with Crippen LogP contribution in [0.3, 0.4) is 0 Å². The molecular weight excluding hydrogens is 372 g/mol. The van der Waals surface area contributed by atoms with Crippen LogP contribution in [0.2, 0.25) is 0 Å². The fraction of sp³-hybridized carbons (Fsp3) is 0.619. The molecule has 4 rings (SSSR count). The van der Waals surface area contributed by atoms with Gasteiger partial charge >= 0.3 is 0 Å². The number of carbonyl (C=O) groups is 1. The van der Waals surface area contributed by atoms with Gasteiger partial charge in [-0.2, -0.15) is 0 Å². The summed E-state index contributed by atoms with van der Waals surface area (Å²) in [5.41, 5.74) is 1.03. The number of aryl methyl sites for hydroxylation is 1. The maximum Gasteiger partial charge on any atom is 0.236 e. The minimum Gasteiger partial charge on any atom is -0.440 e. The molecule has 152 valence electrons. The molecule has 2 aromatic heterocycles. The van der Waals surface area contributed by atoms with E-state index in [2.05, 4.69) is 14.7 Å². The minimum atomic E-state index is 0.309. The van der Waals surface area contributed by atoms with Crippen LogP contribution < -0.4 is 0 Å². The Bertz CT molecular complexity index is 757. The monoisotopic (exact) mass is 402 g/mol. The lowest BCUT2D eigenvalue weighted by Crippen LogP contribution is -2.49. The molecule has 2 aromatic rings. The van der Waals surface area contributed by atoms with Crippen molar-refractivity contribution in [2.45, 2.75) is 39.2 Å². The molecular formula is C21H30N4O2S. The molecule has 0 saturated carbocycles. The van der Waals surface area contributed by atoms with Crippen molar-refractivity contribution >= 4 is 17.2 Å². The highest BCUT2D eigenvalue weighted by Crippen LogP contribution is 2.26. The van der Waals surface area contributed by atoms with E-state index >= 15 is 0 Å². The average molecular weight is 403 g/mol. The molecule has 0 N–H and O–H groups in total. The van der Waals surface area contributed by atoms with Crippen molar-refractivity contribution in [2.75, 3.05) is 45.8 Å². The van der Waals surface area contributed by atoms with Crippen molar-refractivity contribution in [3.05, 3.63) is 29.0 Å². The smallest absolute Gasteiger partial charge is 0.236 e. The first-order valence-corrected chi connectivity index (χ1v) is 11.3. The Morgan fingerprint density at radius 3 is 2.46 bits per heavy atom. The number of piperazine rings is 1. The number of hydrogen-bond acceptors (Lipinski definition) is 6. The van der Waals surface area contributed by atoms with Crippen LogP contribution in [0.25, 0.3) is 10.8 Å². The second-order valence-electron chi connectivity index (χ2n) is 7.85. The second-order valence-corrected chi connectivity index (χ2v) is 8.79. The predicted molar refractivity (Wildman–Crippen MR) is 111 cm³/mol. The highest BCUT2D eigenvalue weighted by atomic mass is 32.1. The van der Waals surface area contributed by atoms with Gasteiger partial charge in [-0.3, -0.25) is 14.6 Å². The van der Waals surface area contributed by atoms with Gasteiger partial charge in [0, 0.05) is 45.8 Å². The van der Waals surface area contributed by atoms with Crippen LogP contribution in [-0.4, -0.2) is 71.4 Å². The number of oxazole rings is 1. The zero-order valence-corrected chi connectivity index (χ0v) is 17.5. The van der Waals surface area contributed by atoms with Gasteiger partial charge in [0.1, 0.15) is 5.76 Å². The second kappa shape index (κ2) is 9.20. The van der Waals surface area contributed by atoms with Gasteiger partial charge in [-0.25, -0.2) is 4.98 Å². The molecule has 0 aliphatic carbocycles. The first kappa shape index (κ1) is 19.6. The molecule has 2 fully saturated rings. The average Bonchev–Trinajstić information content (AvgIpc) is 3.26. The van der Waals surface area contributed by atoms with E-state index in [1.54, 1.807) is 11.3 Å². The minimum absolute atomic E-state index is 0.309. The fourth-order valence-electron chi connectivity index (χ4n) is 4.01. The Labute approximate surface area is 171 Å². The summed E-state index contributed by atoms with van der Waals surface area (Å²) in [4.78, 5) is 25.2. The highest BCUT2D eigenvalue weighted by molar-refractivity contribution is 7.13. The Morgan fingerprint density at radius 1 is 1.07 bits per heavy atom. The topological polar surface area (TPSA) is 52.8 Å². The van der Waals surface area contributed by atoms with Gasteiger partial charge in [0.15, 0.2) is 0 Å². The molecule has 7 heteroatoms. The summed E-state index contributed by atoms with van der Waals surface area (Å²) in [5, 5.41) is 2.04. The number of hydrogen-bond donors (Lipinski definition) is 0. The zero-order valence-electron chi connectivity index (χ0n) is 16.7. The van der Waals surface area contributed by atoms with Crippen LogP contribution in [0.4, 0.5) is 0 Å². The lowest BCUT2D eigenvalue weighted by molar-refractivity contribution is -0.132. The van der Waals surface area contributed by atoms with Crippen LogP contribution in [0.1, 0.15) is 37.1 Å². The largest absolute Gasteiger partial charge is 0.440 e. The van der Waals surface area contributed by atoms with E-state index in [1.807, 2.05) is 24.4 Å². The molecule has 0 unspecified atom stereocenters. The maximum absolute atomic E-state index is 12.6. The van der Waals surface area contributed by atoms with Crippen molar-refractivity contribution in [3.8, 4) is 10.8 Å². The summed E-state index contributed by atoms with van der Waals surface area (Å²) in [6.45, 7) is 9.07. The molecule has 2 saturated heterocycles. The quantitative estimate of drug-likeness (QED) is 0.769. The van der Waals surface area contributed by atoms with Crippen LogP contribution in [0.5, 0.6) is 0 Å². The van der Waals surface area contributed by atoms with E-state index in [0.29, 0.717) is 12.5 Å². The van der Waals surface area contributed by atoms with Crippen LogP contribution in [0, 0.1) is 6.92 Å². The first-order valence-electron chi connectivity index (χ1n) is 10.4. The Balaban J connectivity index is 1.26. The number of carbonyl (C=O) groups excluding carboxylic acids is 1. The van der Waals surface area contributed by atoms with Crippen molar-refractivity contribution in [3.63, 3.8) is 0 Å².